The monoisotopic (exact) mass is 329 g/mol. The van der Waals surface area contributed by atoms with Gasteiger partial charge in [0.15, 0.2) is 5.82 Å². The molecule has 0 spiro atoms. The summed E-state index contributed by atoms with van der Waals surface area (Å²) in [7, 11) is 1.62. The van der Waals surface area contributed by atoms with Crippen molar-refractivity contribution in [2.75, 3.05) is 7.05 Å². The Balaban J connectivity index is 1.76. The normalized spacial score (nSPS) is 11.7. The first-order valence-electron chi connectivity index (χ1n) is 7.52. The summed E-state index contributed by atoms with van der Waals surface area (Å²) < 4.78 is 10.6. The molecule has 8 heteroatoms. The van der Waals surface area contributed by atoms with Crippen LogP contribution in [0.3, 0.4) is 0 Å². The molecule has 0 aliphatic rings. The molecule has 126 valence electrons. The topological polar surface area (TPSA) is 97.1 Å². The Bertz CT molecular complexity index is 862. The number of aromatic amines is 1. The number of amides is 1. The molecule has 0 atom stereocenters. The van der Waals surface area contributed by atoms with E-state index in [2.05, 4.69) is 20.1 Å². The molecule has 3 aromatic rings. The van der Waals surface area contributed by atoms with Gasteiger partial charge in [0.05, 0.1) is 6.54 Å². The molecule has 8 nitrogen and oxygen atoms in total. The summed E-state index contributed by atoms with van der Waals surface area (Å²) >= 11 is 0. The van der Waals surface area contributed by atoms with Crippen LogP contribution in [0.5, 0.6) is 0 Å². The first-order valence-corrected chi connectivity index (χ1v) is 7.52. The average Bonchev–Trinajstić information content (AvgIpc) is 3.13. The third-order valence-corrected chi connectivity index (χ3v) is 3.23. The molecule has 0 saturated heterocycles. The Kier molecular flexibility index (Phi) is 3.96. The summed E-state index contributed by atoms with van der Waals surface area (Å²) in [6.07, 6.45) is 3.05. The zero-order valence-electron chi connectivity index (χ0n) is 14.0. The number of hydrogen-bond donors (Lipinski definition) is 1. The van der Waals surface area contributed by atoms with Crippen molar-refractivity contribution in [2.24, 2.45) is 0 Å². The number of aromatic nitrogens is 4. The summed E-state index contributed by atoms with van der Waals surface area (Å²) in [5, 5.41) is 4.81. The molecule has 24 heavy (non-hydrogen) atoms. The molecule has 0 fully saturated rings. The minimum Gasteiger partial charge on any atom is -0.444 e. The molecule has 1 amide bonds. The van der Waals surface area contributed by atoms with Crippen molar-refractivity contribution >= 4 is 17.0 Å². The van der Waals surface area contributed by atoms with E-state index in [9.17, 15) is 4.79 Å². The maximum absolute atomic E-state index is 12.0. The number of fused-ring (bicyclic) bond motifs is 1. The quantitative estimate of drug-likeness (QED) is 0.793. The molecule has 0 bridgehead atoms. The second kappa shape index (κ2) is 5.95. The fraction of sp³-hybridized carbons (Fsp3) is 0.375. The molecule has 3 heterocycles. The van der Waals surface area contributed by atoms with Crippen LogP contribution < -0.4 is 0 Å². The van der Waals surface area contributed by atoms with Crippen molar-refractivity contribution in [1.82, 2.24) is 25.0 Å². The molecule has 0 aliphatic carbocycles. The van der Waals surface area contributed by atoms with E-state index in [1.54, 1.807) is 13.2 Å². The summed E-state index contributed by atoms with van der Waals surface area (Å²) in [5.41, 5.74) is 0.986. The zero-order valence-corrected chi connectivity index (χ0v) is 14.0. The fourth-order valence-corrected chi connectivity index (χ4v) is 2.18. The Hall–Kier alpha value is -2.90. The van der Waals surface area contributed by atoms with Gasteiger partial charge in [-0.2, -0.15) is 4.98 Å². The van der Waals surface area contributed by atoms with E-state index in [1.165, 1.54) is 4.90 Å². The van der Waals surface area contributed by atoms with Gasteiger partial charge in [0.25, 0.3) is 5.89 Å². The number of rotatable bonds is 3. The van der Waals surface area contributed by atoms with E-state index < -0.39 is 11.7 Å². The predicted octanol–water partition coefficient (Wildman–Crippen LogP) is 2.98. The lowest BCUT2D eigenvalue weighted by Gasteiger charge is -2.23. The van der Waals surface area contributed by atoms with Gasteiger partial charge < -0.3 is 19.1 Å². The minimum absolute atomic E-state index is 0.182. The lowest BCUT2D eigenvalue weighted by Crippen LogP contribution is -2.34. The van der Waals surface area contributed by atoms with Gasteiger partial charge >= 0.3 is 6.09 Å². The highest BCUT2D eigenvalue weighted by Gasteiger charge is 2.21. The summed E-state index contributed by atoms with van der Waals surface area (Å²) in [5.74, 6) is 0.695. The number of pyridine rings is 1. The maximum Gasteiger partial charge on any atom is 0.410 e. The van der Waals surface area contributed by atoms with Crippen molar-refractivity contribution in [1.29, 1.82) is 0 Å². The summed E-state index contributed by atoms with van der Waals surface area (Å²) in [6, 6.07) is 3.76. The van der Waals surface area contributed by atoms with Crippen LogP contribution in [-0.2, 0) is 11.3 Å². The van der Waals surface area contributed by atoms with Gasteiger partial charge in [-0.3, -0.25) is 4.98 Å². The summed E-state index contributed by atoms with van der Waals surface area (Å²) in [4.78, 5) is 25.1. The lowest BCUT2D eigenvalue weighted by molar-refractivity contribution is 0.0280. The first kappa shape index (κ1) is 16.0. The van der Waals surface area contributed by atoms with E-state index in [4.69, 9.17) is 9.26 Å². The Labute approximate surface area is 138 Å². The number of ether oxygens (including phenoxy) is 1. The number of hydrogen-bond acceptors (Lipinski definition) is 6. The van der Waals surface area contributed by atoms with Crippen LogP contribution in [0.4, 0.5) is 4.79 Å². The zero-order chi connectivity index (χ0) is 17.3. The molecule has 0 radical (unpaired) electrons. The number of nitrogens with one attached hydrogen (secondary N) is 1. The molecular formula is C16H19N5O3. The highest BCUT2D eigenvalue weighted by Crippen LogP contribution is 2.24. The van der Waals surface area contributed by atoms with Crippen molar-refractivity contribution in [3.63, 3.8) is 0 Å². The van der Waals surface area contributed by atoms with E-state index in [0.717, 1.165) is 10.9 Å². The number of H-pyrrole nitrogens is 1. The molecule has 3 rings (SSSR count). The van der Waals surface area contributed by atoms with Crippen LogP contribution in [-0.4, -0.2) is 43.8 Å². The predicted molar refractivity (Wildman–Crippen MR) is 87.1 cm³/mol. The van der Waals surface area contributed by atoms with Crippen molar-refractivity contribution < 1.29 is 14.1 Å². The fourth-order valence-electron chi connectivity index (χ4n) is 2.18. The van der Waals surface area contributed by atoms with Crippen LogP contribution in [0.1, 0.15) is 26.6 Å². The van der Waals surface area contributed by atoms with E-state index in [-0.39, 0.29) is 6.54 Å². The van der Waals surface area contributed by atoms with Gasteiger partial charge in [0, 0.05) is 30.3 Å². The van der Waals surface area contributed by atoms with Gasteiger partial charge in [-0.1, -0.05) is 5.16 Å². The van der Waals surface area contributed by atoms with Gasteiger partial charge in [-0.05, 0) is 32.9 Å². The largest absolute Gasteiger partial charge is 0.444 e. The van der Waals surface area contributed by atoms with Crippen molar-refractivity contribution in [3.8, 4) is 11.6 Å². The first-order chi connectivity index (χ1) is 11.3. The Morgan fingerprint density at radius 2 is 2.17 bits per heavy atom. The molecule has 0 aliphatic heterocycles. The van der Waals surface area contributed by atoms with E-state index in [0.29, 0.717) is 17.4 Å². The summed E-state index contributed by atoms with van der Waals surface area (Å²) in [6.45, 7) is 5.62. The number of nitrogens with zero attached hydrogens (tertiary/aromatic N) is 4. The second-order valence-electron chi connectivity index (χ2n) is 6.45. The third kappa shape index (κ3) is 3.37. The molecule has 0 saturated carbocycles. The highest BCUT2D eigenvalue weighted by molar-refractivity contribution is 5.90. The average molecular weight is 329 g/mol. The standard InChI is InChI=1S/C16H19N5O3/c1-16(2,3)23-15(22)21(4)9-12-19-14(24-20-12)13-10-5-7-17-11(10)6-8-18-13/h5-8,17H,9H2,1-4H3. The number of carbonyl (C=O) groups is 1. The van der Waals surface area contributed by atoms with Gasteiger partial charge in [0.2, 0.25) is 0 Å². The second-order valence-corrected chi connectivity index (χ2v) is 6.45. The van der Waals surface area contributed by atoms with E-state index in [1.807, 2.05) is 39.1 Å². The smallest absolute Gasteiger partial charge is 0.410 e. The minimum atomic E-state index is -0.554. The molecule has 3 aromatic heterocycles. The Morgan fingerprint density at radius 1 is 1.38 bits per heavy atom. The maximum atomic E-state index is 12.0. The van der Waals surface area contributed by atoms with E-state index >= 15 is 0 Å². The molecule has 0 unspecified atom stereocenters. The molecular weight excluding hydrogens is 310 g/mol. The third-order valence-electron chi connectivity index (χ3n) is 3.23. The van der Waals surface area contributed by atoms with Crippen molar-refractivity contribution in [3.05, 3.63) is 30.4 Å². The van der Waals surface area contributed by atoms with Crippen LogP contribution >= 0.6 is 0 Å². The SMILES string of the molecule is CN(Cc1noc(-c2nccc3[nH]ccc23)n1)C(=O)OC(C)(C)C. The molecule has 1 N–H and O–H groups in total. The van der Waals surface area contributed by atoms with Crippen LogP contribution in [0.15, 0.2) is 29.0 Å². The number of carbonyl (C=O) groups excluding carboxylic acids is 1. The van der Waals surface area contributed by atoms with Gasteiger partial charge in [-0.15, -0.1) is 0 Å². The van der Waals surface area contributed by atoms with Crippen LogP contribution in [0, 0.1) is 0 Å². The highest BCUT2D eigenvalue weighted by atomic mass is 16.6. The van der Waals surface area contributed by atoms with Crippen LogP contribution in [0.2, 0.25) is 0 Å². The van der Waals surface area contributed by atoms with Gasteiger partial charge in [-0.25, -0.2) is 4.79 Å². The molecule has 0 aromatic carbocycles. The van der Waals surface area contributed by atoms with Crippen molar-refractivity contribution in [2.45, 2.75) is 32.9 Å². The Morgan fingerprint density at radius 3 is 2.92 bits per heavy atom. The van der Waals surface area contributed by atoms with Crippen LogP contribution in [0.25, 0.3) is 22.5 Å². The van der Waals surface area contributed by atoms with Gasteiger partial charge in [0.1, 0.15) is 11.3 Å². The lowest BCUT2D eigenvalue weighted by atomic mass is 10.2.